The lowest BCUT2D eigenvalue weighted by Gasteiger charge is -2.14. The number of rotatable bonds is 3. The largest absolute Gasteiger partial charge is 0.462 e. The highest BCUT2D eigenvalue weighted by Crippen LogP contribution is 2.39. The molecule has 0 saturated carbocycles. The number of carbonyl (C=O) groups excluding carboxylic acids is 1. The fraction of sp³-hybridized carbons (Fsp3) is 0.211. The molecular weight excluding hydrogens is 336 g/mol. The predicted molar refractivity (Wildman–Crippen MR) is 94.6 cm³/mol. The molecule has 0 fully saturated rings. The second-order valence-corrected chi connectivity index (χ2v) is 5.80. The van der Waals surface area contributed by atoms with E-state index < -0.39 is 5.97 Å². The fourth-order valence-corrected chi connectivity index (χ4v) is 3.14. The van der Waals surface area contributed by atoms with E-state index in [1.807, 2.05) is 0 Å². The van der Waals surface area contributed by atoms with Gasteiger partial charge in [-0.2, -0.15) is 0 Å². The summed E-state index contributed by atoms with van der Waals surface area (Å²) in [5.41, 5.74) is 2.08. The molecule has 1 aliphatic rings. The zero-order chi connectivity index (χ0) is 18.3. The number of H-pyrrole nitrogens is 1. The van der Waals surface area contributed by atoms with Crippen LogP contribution in [-0.4, -0.2) is 29.3 Å². The van der Waals surface area contributed by atoms with E-state index in [1.165, 1.54) is 6.20 Å². The van der Waals surface area contributed by atoms with Gasteiger partial charge in [-0.1, -0.05) is 6.07 Å². The third-order valence-electron chi connectivity index (χ3n) is 4.23. The van der Waals surface area contributed by atoms with Crippen molar-refractivity contribution in [3.63, 3.8) is 0 Å². The smallest absolute Gasteiger partial charge is 0.340 e. The summed E-state index contributed by atoms with van der Waals surface area (Å²) < 4.78 is 16.0. The monoisotopic (exact) mass is 352 g/mol. The van der Waals surface area contributed by atoms with E-state index in [0.717, 1.165) is 0 Å². The Hall–Kier alpha value is -3.35. The highest BCUT2D eigenvalue weighted by Gasteiger charge is 2.24. The lowest BCUT2D eigenvalue weighted by molar-refractivity contribution is 0.0526. The summed E-state index contributed by atoms with van der Waals surface area (Å²) in [6.07, 6.45) is 1.53. The van der Waals surface area contributed by atoms with E-state index in [4.69, 9.17) is 14.2 Å². The van der Waals surface area contributed by atoms with Crippen LogP contribution in [0.5, 0.6) is 11.5 Å². The molecule has 0 aliphatic carbocycles. The van der Waals surface area contributed by atoms with Crippen LogP contribution in [0.3, 0.4) is 0 Å². The van der Waals surface area contributed by atoms with Crippen molar-refractivity contribution in [2.75, 3.05) is 13.4 Å². The number of esters is 1. The second kappa shape index (κ2) is 6.18. The topological polar surface area (TPSA) is 90.5 Å². The summed E-state index contributed by atoms with van der Waals surface area (Å²) in [5, 5.41) is 0.333. The third kappa shape index (κ3) is 2.48. The second-order valence-electron chi connectivity index (χ2n) is 5.80. The quantitative estimate of drug-likeness (QED) is 0.729. The van der Waals surface area contributed by atoms with Gasteiger partial charge >= 0.3 is 5.97 Å². The highest BCUT2D eigenvalue weighted by molar-refractivity contribution is 6.07. The van der Waals surface area contributed by atoms with Crippen molar-refractivity contribution in [3.05, 3.63) is 52.1 Å². The van der Waals surface area contributed by atoms with E-state index in [-0.39, 0.29) is 24.5 Å². The maximum atomic E-state index is 12.6. The van der Waals surface area contributed by atoms with E-state index in [1.54, 1.807) is 38.1 Å². The summed E-state index contributed by atoms with van der Waals surface area (Å²) in [4.78, 5) is 32.2. The number of ether oxygens (including phenoxy) is 3. The van der Waals surface area contributed by atoms with Crippen LogP contribution in [0, 0.1) is 6.92 Å². The minimum atomic E-state index is -0.518. The minimum absolute atomic E-state index is 0.139. The van der Waals surface area contributed by atoms with Gasteiger partial charge < -0.3 is 19.2 Å². The average Bonchev–Trinajstić information content (AvgIpc) is 3.08. The highest BCUT2D eigenvalue weighted by atomic mass is 16.7. The van der Waals surface area contributed by atoms with Crippen molar-refractivity contribution in [2.45, 2.75) is 13.8 Å². The van der Waals surface area contributed by atoms with Crippen molar-refractivity contribution in [1.82, 2.24) is 9.97 Å². The Labute approximate surface area is 148 Å². The first-order valence-corrected chi connectivity index (χ1v) is 8.19. The van der Waals surface area contributed by atoms with Gasteiger partial charge in [0.05, 0.1) is 28.8 Å². The maximum Gasteiger partial charge on any atom is 0.340 e. The molecule has 2 aromatic heterocycles. The molecule has 0 spiro atoms. The van der Waals surface area contributed by atoms with Gasteiger partial charge in [-0.15, -0.1) is 0 Å². The van der Waals surface area contributed by atoms with Crippen LogP contribution in [0.25, 0.3) is 22.0 Å². The number of carbonyl (C=O) groups is 1. The molecule has 1 aliphatic heterocycles. The van der Waals surface area contributed by atoms with Gasteiger partial charge in [-0.3, -0.25) is 9.78 Å². The Morgan fingerprint density at radius 1 is 1.27 bits per heavy atom. The van der Waals surface area contributed by atoms with Crippen molar-refractivity contribution in [2.24, 2.45) is 0 Å². The Balaban J connectivity index is 2.09. The number of hydrogen-bond donors (Lipinski definition) is 1. The van der Waals surface area contributed by atoms with Crippen LogP contribution in [0.4, 0.5) is 0 Å². The minimum Gasteiger partial charge on any atom is -0.462 e. The Bertz CT molecular complexity index is 1090. The lowest BCUT2D eigenvalue weighted by atomic mass is 9.94. The van der Waals surface area contributed by atoms with Crippen LogP contribution in [0.2, 0.25) is 0 Å². The molecule has 0 bridgehead atoms. The van der Waals surface area contributed by atoms with Crippen LogP contribution in [-0.2, 0) is 4.74 Å². The zero-order valence-electron chi connectivity index (χ0n) is 14.3. The maximum absolute atomic E-state index is 12.6. The van der Waals surface area contributed by atoms with Crippen LogP contribution < -0.4 is 15.0 Å². The molecule has 3 heterocycles. The fourth-order valence-electron chi connectivity index (χ4n) is 3.14. The molecular formula is C19H16N2O5. The predicted octanol–water partition coefficient (Wildman–Crippen LogP) is 2.80. The summed E-state index contributed by atoms with van der Waals surface area (Å²) >= 11 is 0. The molecule has 3 aromatic rings. The van der Waals surface area contributed by atoms with Crippen molar-refractivity contribution >= 4 is 16.9 Å². The molecule has 26 heavy (non-hydrogen) atoms. The Kier molecular flexibility index (Phi) is 3.84. The number of fused-ring (bicyclic) bond motifs is 2. The van der Waals surface area contributed by atoms with Crippen LogP contribution >= 0.6 is 0 Å². The molecule has 1 aromatic carbocycles. The van der Waals surface area contributed by atoms with Gasteiger partial charge in [0.15, 0.2) is 11.5 Å². The number of nitrogens with one attached hydrogen (secondary N) is 1. The molecule has 0 radical (unpaired) electrons. The van der Waals surface area contributed by atoms with E-state index in [2.05, 4.69) is 9.97 Å². The molecule has 4 rings (SSSR count). The normalized spacial score (nSPS) is 12.4. The molecule has 7 heteroatoms. The molecule has 0 atom stereocenters. The van der Waals surface area contributed by atoms with Crippen LogP contribution in [0.15, 0.2) is 35.3 Å². The van der Waals surface area contributed by atoms with Gasteiger partial charge in [0.1, 0.15) is 0 Å². The van der Waals surface area contributed by atoms with Crippen molar-refractivity contribution in [1.29, 1.82) is 0 Å². The number of benzene rings is 1. The van der Waals surface area contributed by atoms with Crippen LogP contribution in [0.1, 0.15) is 23.0 Å². The molecule has 0 saturated heterocycles. The third-order valence-corrected chi connectivity index (χ3v) is 4.23. The van der Waals surface area contributed by atoms with E-state index in [9.17, 15) is 9.59 Å². The van der Waals surface area contributed by atoms with Gasteiger partial charge in [-0.25, -0.2) is 4.79 Å². The summed E-state index contributed by atoms with van der Waals surface area (Å²) in [7, 11) is 0. The number of pyridine rings is 2. The lowest BCUT2D eigenvalue weighted by Crippen LogP contribution is -2.15. The first kappa shape index (κ1) is 16.1. The Morgan fingerprint density at radius 2 is 2.08 bits per heavy atom. The first-order valence-electron chi connectivity index (χ1n) is 8.19. The summed E-state index contributed by atoms with van der Waals surface area (Å²) in [5.74, 6) is 0.665. The number of nitrogens with zero attached hydrogens (tertiary/aromatic N) is 1. The van der Waals surface area contributed by atoms with Gasteiger partial charge in [-0.05, 0) is 37.6 Å². The van der Waals surface area contributed by atoms with Crippen molar-refractivity contribution in [3.8, 4) is 22.6 Å². The molecule has 0 amide bonds. The summed E-state index contributed by atoms with van der Waals surface area (Å²) in [6, 6.07) is 7.00. The first-order chi connectivity index (χ1) is 12.6. The van der Waals surface area contributed by atoms with E-state index >= 15 is 0 Å². The molecule has 7 nitrogen and oxygen atoms in total. The average molecular weight is 352 g/mol. The SMILES string of the molecule is CCOC(=O)c1c(C)nc2cc[nH]c(=O)c2c1-c1ccc2c(c1)OCO2. The van der Waals surface area contributed by atoms with Gasteiger partial charge in [0.25, 0.3) is 5.56 Å². The number of aromatic amines is 1. The molecule has 0 unspecified atom stereocenters. The Morgan fingerprint density at radius 3 is 2.88 bits per heavy atom. The van der Waals surface area contributed by atoms with Gasteiger partial charge in [0.2, 0.25) is 6.79 Å². The van der Waals surface area contributed by atoms with Gasteiger partial charge in [0, 0.05) is 11.8 Å². The molecule has 1 N–H and O–H groups in total. The standard InChI is InChI=1S/C19H16N2O5/c1-3-24-19(23)15-10(2)21-12-6-7-20-18(22)17(12)16(15)11-4-5-13-14(8-11)26-9-25-13/h4-8H,3,9H2,1-2H3,(H,20,22). The van der Waals surface area contributed by atoms with Crippen molar-refractivity contribution < 1.29 is 19.0 Å². The number of aromatic nitrogens is 2. The number of hydrogen-bond acceptors (Lipinski definition) is 6. The summed E-state index contributed by atoms with van der Waals surface area (Å²) in [6.45, 7) is 3.82. The van der Waals surface area contributed by atoms with E-state index in [0.29, 0.717) is 39.2 Å². The molecule has 132 valence electrons. The number of aryl methyl sites for hydroxylation is 1. The zero-order valence-corrected chi connectivity index (χ0v) is 14.3.